The summed E-state index contributed by atoms with van der Waals surface area (Å²) in [6.07, 6.45) is 1.52. The number of hydrogen-bond acceptors (Lipinski definition) is 5. The Morgan fingerprint density at radius 3 is 2.52 bits per heavy atom. The van der Waals surface area contributed by atoms with Crippen molar-refractivity contribution in [2.45, 2.75) is 19.8 Å². The molecule has 2 aromatic carbocycles. The lowest BCUT2D eigenvalue weighted by atomic mass is 10.2. The van der Waals surface area contributed by atoms with E-state index >= 15 is 0 Å². The molecule has 8 nitrogen and oxygen atoms in total. The number of benzene rings is 2. The number of sulfonamides is 1. The quantitative estimate of drug-likeness (QED) is 0.549. The fourth-order valence-electron chi connectivity index (χ4n) is 2.61. The summed E-state index contributed by atoms with van der Waals surface area (Å²) in [6, 6.07) is 12.8. The summed E-state index contributed by atoms with van der Waals surface area (Å²) in [5.41, 5.74) is 1.62. The van der Waals surface area contributed by atoms with Gasteiger partial charge in [0.15, 0.2) is 0 Å². The molecule has 0 fully saturated rings. The highest BCUT2D eigenvalue weighted by Crippen LogP contribution is 2.23. The third-order valence-electron chi connectivity index (χ3n) is 3.89. The number of anilines is 2. The number of amides is 1. The van der Waals surface area contributed by atoms with E-state index in [2.05, 4.69) is 5.32 Å². The van der Waals surface area contributed by atoms with E-state index in [0.29, 0.717) is 17.8 Å². The van der Waals surface area contributed by atoms with Crippen LogP contribution < -0.4 is 9.62 Å². The van der Waals surface area contributed by atoms with Gasteiger partial charge in [0.25, 0.3) is 5.69 Å². The number of carbonyl (C=O) groups is 1. The first-order valence-electron chi connectivity index (χ1n) is 8.26. The topological polar surface area (TPSA) is 110 Å². The van der Waals surface area contributed by atoms with Gasteiger partial charge >= 0.3 is 0 Å². The Bertz CT molecular complexity index is 944. The van der Waals surface area contributed by atoms with E-state index in [1.807, 2.05) is 19.1 Å². The van der Waals surface area contributed by atoms with Crippen LogP contribution in [0.25, 0.3) is 0 Å². The molecule has 0 aliphatic carbocycles. The summed E-state index contributed by atoms with van der Waals surface area (Å²) in [6.45, 7) is 1.98. The normalized spacial score (nSPS) is 11.0. The maximum absolute atomic E-state index is 12.1. The third-order valence-corrected chi connectivity index (χ3v) is 5.07. The molecule has 9 heteroatoms. The van der Waals surface area contributed by atoms with Crippen LogP contribution in [0.2, 0.25) is 0 Å². The second-order valence-electron chi connectivity index (χ2n) is 6.08. The number of nitro benzene ring substituents is 1. The average Bonchev–Trinajstić information content (AvgIpc) is 2.59. The summed E-state index contributed by atoms with van der Waals surface area (Å²) in [5.74, 6) is -0.339. The van der Waals surface area contributed by atoms with Crippen LogP contribution in [-0.2, 0) is 14.8 Å². The van der Waals surface area contributed by atoms with Crippen molar-refractivity contribution < 1.29 is 18.1 Å². The highest BCUT2D eigenvalue weighted by atomic mass is 32.2. The van der Waals surface area contributed by atoms with Crippen LogP contribution in [0.1, 0.15) is 18.4 Å². The average molecular weight is 391 g/mol. The first-order valence-corrected chi connectivity index (χ1v) is 10.1. The van der Waals surface area contributed by atoms with E-state index in [1.54, 1.807) is 18.2 Å². The van der Waals surface area contributed by atoms with Crippen molar-refractivity contribution >= 4 is 33.0 Å². The fourth-order valence-corrected chi connectivity index (χ4v) is 3.64. The zero-order valence-corrected chi connectivity index (χ0v) is 15.9. The smallest absolute Gasteiger partial charge is 0.271 e. The van der Waals surface area contributed by atoms with Crippen molar-refractivity contribution in [2.75, 3.05) is 22.4 Å². The van der Waals surface area contributed by atoms with Gasteiger partial charge in [0, 0.05) is 30.8 Å². The van der Waals surface area contributed by atoms with Gasteiger partial charge in [-0.1, -0.05) is 24.3 Å². The Morgan fingerprint density at radius 2 is 1.89 bits per heavy atom. The monoisotopic (exact) mass is 391 g/mol. The van der Waals surface area contributed by atoms with E-state index in [4.69, 9.17) is 0 Å². The molecule has 0 aliphatic heterocycles. The molecular weight excluding hydrogens is 370 g/mol. The summed E-state index contributed by atoms with van der Waals surface area (Å²) in [5, 5.41) is 13.4. The Morgan fingerprint density at radius 1 is 1.19 bits per heavy atom. The van der Waals surface area contributed by atoms with E-state index in [1.165, 1.54) is 22.5 Å². The van der Waals surface area contributed by atoms with Crippen molar-refractivity contribution in [1.29, 1.82) is 0 Å². The van der Waals surface area contributed by atoms with Crippen LogP contribution in [0.4, 0.5) is 17.1 Å². The zero-order chi connectivity index (χ0) is 20.0. The molecule has 144 valence electrons. The highest BCUT2D eigenvalue weighted by molar-refractivity contribution is 7.92. The minimum Gasteiger partial charge on any atom is -0.326 e. The van der Waals surface area contributed by atoms with Crippen LogP contribution in [0.15, 0.2) is 48.5 Å². The maximum atomic E-state index is 12.1. The summed E-state index contributed by atoms with van der Waals surface area (Å²) in [4.78, 5) is 22.3. The molecule has 0 saturated heterocycles. The van der Waals surface area contributed by atoms with Gasteiger partial charge < -0.3 is 5.32 Å². The van der Waals surface area contributed by atoms with Gasteiger partial charge in [-0.25, -0.2) is 8.42 Å². The molecule has 0 saturated carbocycles. The van der Waals surface area contributed by atoms with Gasteiger partial charge in [0.05, 0.1) is 16.9 Å². The molecule has 27 heavy (non-hydrogen) atoms. The first-order chi connectivity index (χ1) is 12.7. The van der Waals surface area contributed by atoms with Crippen molar-refractivity contribution in [3.8, 4) is 0 Å². The second kappa shape index (κ2) is 8.63. The molecule has 0 spiro atoms. The SMILES string of the molecule is Cc1ccccc1N(CCCC(=O)Nc1cccc([N+](=O)[O-])c1)S(C)(=O)=O. The Balaban J connectivity index is 1.99. The number of para-hydroxylation sites is 1. The van der Waals surface area contributed by atoms with E-state index in [0.717, 1.165) is 11.8 Å². The van der Waals surface area contributed by atoms with Crippen LogP contribution in [0.5, 0.6) is 0 Å². The Kier molecular flexibility index (Phi) is 6.51. The fraction of sp³-hybridized carbons (Fsp3) is 0.278. The number of carbonyl (C=O) groups excluding carboxylic acids is 1. The van der Waals surface area contributed by atoms with E-state index < -0.39 is 14.9 Å². The zero-order valence-electron chi connectivity index (χ0n) is 15.1. The minimum absolute atomic E-state index is 0.0839. The Hall–Kier alpha value is -2.94. The van der Waals surface area contributed by atoms with Crippen molar-refractivity contribution in [3.05, 3.63) is 64.2 Å². The molecule has 0 bridgehead atoms. The molecule has 0 heterocycles. The third kappa shape index (κ3) is 5.78. The molecule has 0 radical (unpaired) electrons. The van der Waals surface area contributed by atoms with Gasteiger partial charge in [-0.3, -0.25) is 19.2 Å². The molecule has 2 aromatic rings. The lowest BCUT2D eigenvalue weighted by molar-refractivity contribution is -0.384. The molecule has 0 aromatic heterocycles. The van der Waals surface area contributed by atoms with Crippen molar-refractivity contribution in [2.24, 2.45) is 0 Å². The lowest BCUT2D eigenvalue weighted by Crippen LogP contribution is -2.32. The van der Waals surface area contributed by atoms with Crippen LogP contribution in [0.3, 0.4) is 0 Å². The Labute approximate surface area is 158 Å². The largest absolute Gasteiger partial charge is 0.326 e. The summed E-state index contributed by atoms with van der Waals surface area (Å²) >= 11 is 0. The molecule has 0 unspecified atom stereocenters. The number of nitrogens with zero attached hydrogens (tertiary/aromatic N) is 2. The van der Waals surface area contributed by atoms with Crippen molar-refractivity contribution in [3.63, 3.8) is 0 Å². The predicted molar refractivity (Wildman–Crippen MR) is 104 cm³/mol. The van der Waals surface area contributed by atoms with Gasteiger partial charge in [-0.05, 0) is 31.0 Å². The molecule has 0 atom stereocenters. The first kappa shape index (κ1) is 20.4. The van der Waals surface area contributed by atoms with Gasteiger partial charge in [-0.2, -0.15) is 0 Å². The molecule has 0 aliphatic rings. The lowest BCUT2D eigenvalue weighted by Gasteiger charge is -2.24. The number of aryl methyl sites for hydroxylation is 1. The van der Waals surface area contributed by atoms with E-state index in [9.17, 15) is 23.3 Å². The van der Waals surface area contributed by atoms with Crippen LogP contribution in [0, 0.1) is 17.0 Å². The number of nitro groups is 1. The van der Waals surface area contributed by atoms with Crippen molar-refractivity contribution in [1.82, 2.24) is 0 Å². The number of rotatable bonds is 8. The van der Waals surface area contributed by atoms with Gasteiger partial charge in [-0.15, -0.1) is 0 Å². The maximum Gasteiger partial charge on any atom is 0.271 e. The minimum atomic E-state index is -3.49. The predicted octanol–water partition coefficient (Wildman–Crippen LogP) is 3.09. The van der Waals surface area contributed by atoms with Crippen LogP contribution in [-0.4, -0.2) is 32.0 Å². The standard InChI is InChI=1S/C18H21N3O5S/c1-14-7-3-4-10-17(14)20(27(2,25)26)12-6-11-18(22)19-15-8-5-9-16(13-15)21(23)24/h3-5,7-10,13H,6,11-12H2,1-2H3,(H,19,22). The molecule has 2 rings (SSSR count). The molecule has 1 N–H and O–H groups in total. The number of nitrogens with one attached hydrogen (secondary N) is 1. The van der Waals surface area contributed by atoms with Gasteiger partial charge in [0.2, 0.25) is 15.9 Å². The summed E-state index contributed by atoms with van der Waals surface area (Å²) < 4.78 is 25.5. The molecular formula is C18H21N3O5S. The summed E-state index contributed by atoms with van der Waals surface area (Å²) in [7, 11) is -3.49. The van der Waals surface area contributed by atoms with E-state index in [-0.39, 0.29) is 24.6 Å². The van der Waals surface area contributed by atoms with Gasteiger partial charge in [0.1, 0.15) is 0 Å². The van der Waals surface area contributed by atoms with Crippen LogP contribution >= 0.6 is 0 Å². The second-order valence-corrected chi connectivity index (χ2v) is 7.99. The highest BCUT2D eigenvalue weighted by Gasteiger charge is 2.19. The molecule has 1 amide bonds. The number of non-ortho nitro benzene ring substituents is 1. The number of hydrogen-bond donors (Lipinski definition) is 1.